The van der Waals surface area contributed by atoms with Crippen molar-refractivity contribution in [2.24, 2.45) is 4.99 Å². The van der Waals surface area contributed by atoms with Crippen LogP contribution in [0, 0.1) is 15.9 Å². The molecular formula is C15H10FN3O2. The monoisotopic (exact) mass is 283 g/mol. The summed E-state index contributed by atoms with van der Waals surface area (Å²) in [4.78, 5) is 17.4. The molecule has 1 aromatic heterocycles. The van der Waals surface area contributed by atoms with Crippen molar-refractivity contribution in [3.8, 4) is 0 Å². The third kappa shape index (κ3) is 2.38. The van der Waals surface area contributed by atoms with E-state index in [4.69, 9.17) is 0 Å². The minimum Gasteiger partial charge on any atom is -0.361 e. The first-order valence-corrected chi connectivity index (χ1v) is 6.20. The second kappa shape index (κ2) is 5.16. The third-order valence-corrected chi connectivity index (χ3v) is 3.11. The summed E-state index contributed by atoms with van der Waals surface area (Å²) >= 11 is 0. The van der Waals surface area contributed by atoms with Gasteiger partial charge in [0.15, 0.2) is 0 Å². The summed E-state index contributed by atoms with van der Waals surface area (Å²) in [7, 11) is 0. The van der Waals surface area contributed by atoms with Gasteiger partial charge in [-0.25, -0.2) is 0 Å². The highest BCUT2D eigenvalue weighted by Gasteiger charge is 2.19. The Kier molecular flexibility index (Phi) is 3.19. The number of allylic oxidation sites excluding steroid dienone is 2. The van der Waals surface area contributed by atoms with E-state index >= 15 is 0 Å². The van der Waals surface area contributed by atoms with Gasteiger partial charge in [-0.1, -0.05) is 6.07 Å². The molecule has 0 radical (unpaired) electrons. The normalized spacial score (nSPS) is 15.5. The van der Waals surface area contributed by atoms with Gasteiger partial charge in [-0.05, 0) is 35.9 Å². The average molecular weight is 283 g/mol. The number of H-pyrrole nitrogens is 1. The van der Waals surface area contributed by atoms with Crippen LogP contribution in [0.2, 0.25) is 0 Å². The van der Waals surface area contributed by atoms with Gasteiger partial charge >= 0.3 is 5.69 Å². The van der Waals surface area contributed by atoms with Gasteiger partial charge in [-0.2, -0.15) is 4.39 Å². The van der Waals surface area contributed by atoms with Crippen molar-refractivity contribution < 1.29 is 9.31 Å². The lowest BCUT2D eigenvalue weighted by Gasteiger charge is -2.08. The summed E-state index contributed by atoms with van der Waals surface area (Å²) in [5.41, 5.74) is 2.09. The van der Waals surface area contributed by atoms with E-state index in [9.17, 15) is 14.5 Å². The predicted octanol–water partition coefficient (Wildman–Crippen LogP) is 3.46. The zero-order valence-electron chi connectivity index (χ0n) is 10.8. The molecule has 2 aromatic rings. The Labute approximate surface area is 119 Å². The largest absolute Gasteiger partial charge is 0.361 e. The molecule has 0 fully saturated rings. The third-order valence-electron chi connectivity index (χ3n) is 3.11. The maximum atomic E-state index is 13.5. The zero-order chi connectivity index (χ0) is 14.8. The number of halogens is 1. The summed E-state index contributed by atoms with van der Waals surface area (Å²) in [6, 6.07) is 7.47. The van der Waals surface area contributed by atoms with Gasteiger partial charge < -0.3 is 4.98 Å². The van der Waals surface area contributed by atoms with Crippen LogP contribution in [0.3, 0.4) is 0 Å². The lowest BCUT2D eigenvalue weighted by atomic mass is 10.00. The maximum absolute atomic E-state index is 13.5. The molecule has 21 heavy (non-hydrogen) atoms. The molecule has 0 saturated carbocycles. The molecule has 0 aliphatic carbocycles. The Morgan fingerprint density at radius 3 is 2.81 bits per heavy atom. The highest BCUT2D eigenvalue weighted by molar-refractivity contribution is 5.88. The van der Waals surface area contributed by atoms with Gasteiger partial charge in [0.2, 0.25) is 5.82 Å². The molecule has 0 unspecified atom stereocenters. The summed E-state index contributed by atoms with van der Waals surface area (Å²) in [6.07, 6.45) is 6.95. The standard InChI is InChI=1S/C15H10FN3O2/c16-11-6-5-10(9-14(11)19(20)21)15(12-3-1-7-17-12)13-4-2-8-18-13/h1-9,17H/b15-13-. The van der Waals surface area contributed by atoms with Gasteiger partial charge in [-0.15, -0.1) is 0 Å². The lowest BCUT2D eigenvalue weighted by Crippen LogP contribution is -1.97. The van der Waals surface area contributed by atoms with Gasteiger partial charge in [0.05, 0.1) is 10.6 Å². The van der Waals surface area contributed by atoms with Crippen LogP contribution >= 0.6 is 0 Å². The Hall–Kier alpha value is -3.02. The maximum Gasteiger partial charge on any atom is 0.305 e. The molecule has 104 valence electrons. The highest BCUT2D eigenvalue weighted by atomic mass is 19.1. The van der Waals surface area contributed by atoms with Crippen molar-refractivity contribution >= 4 is 17.5 Å². The van der Waals surface area contributed by atoms with Crippen LogP contribution in [-0.2, 0) is 0 Å². The molecule has 1 aliphatic rings. The number of hydrogen-bond donors (Lipinski definition) is 1. The quantitative estimate of drug-likeness (QED) is 0.692. The van der Waals surface area contributed by atoms with Crippen LogP contribution in [0.5, 0.6) is 0 Å². The number of aromatic amines is 1. The Bertz CT molecular complexity index is 775. The second-order valence-corrected chi connectivity index (χ2v) is 4.40. The molecule has 2 heterocycles. The fourth-order valence-electron chi connectivity index (χ4n) is 2.18. The van der Waals surface area contributed by atoms with E-state index in [2.05, 4.69) is 9.98 Å². The molecule has 1 aliphatic heterocycles. The first-order chi connectivity index (χ1) is 10.2. The van der Waals surface area contributed by atoms with Gasteiger partial charge in [0.25, 0.3) is 0 Å². The molecule has 0 atom stereocenters. The van der Waals surface area contributed by atoms with Crippen molar-refractivity contribution in [1.82, 2.24) is 4.98 Å². The number of hydrogen-bond acceptors (Lipinski definition) is 3. The number of rotatable bonds is 3. The van der Waals surface area contributed by atoms with E-state index < -0.39 is 16.4 Å². The van der Waals surface area contributed by atoms with E-state index in [-0.39, 0.29) is 0 Å². The number of nitrogens with one attached hydrogen (secondary N) is 1. The molecule has 0 spiro atoms. The van der Waals surface area contributed by atoms with Crippen LogP contribution in [0.4, 0.5) is 10.1 Å². The topological polar surface area (TPSA) is 71.3 Å². The van der Waals surface area contributed by atoms with Gasteiger partial charge in [0, 0.05) is 29.7 Å². The summed E-state index contributed by atoms with van der Waals surface area (Å²) in [5.74, 6) is -0.856. The van der Waals surface area contributed by atoms with Crippen LogP contribution < -0.4 is 0 Å². The van der Waals surface area contributed by atoms with Crippen LogP contribution in [0.1, 0.15) is 11.3 Å². The highest BCUT2D eigenvalue weighted by Crippen LogP contribution is 2.31. The minimum absolute atomic E-state index is 0.532. The van der Waals surface area contributed by atoms with E-state index in [0.717, 1.165) is 11.8 Å². The summed E-state index contributed by atoms with van der Waals surface area (Å²) < 4.78 is 13.5. The molecule has 6 heteroatoms. The summed E-state index contributed by atoms with van der Waals surface area (Å²) in [6.45, 7) is 0. The number of nitro benzene ring substituents is 1. The second-order valence-electron chi connectivity index (χ2n) is 4.40. The predicted molar refractivity (Wildman–Crippen MR) is 77.5 cm³/mol. The molecule has 1 aromatic carbocycles. The van der Waals surface area contributed by atoms with E-state index in [1.165, 1.54) is 12.1 Å². The lowest BCUT2D eigenvalue weighted by molar-refractivity contribution is -0.387. The molecular weight excluding hydrogens is 273 g/mol. The number of aromatic nitrogens is 1. The van der Waals surface area contributed by atoms with E-state index in [1.807, 2.05) is 12.1 Å². The van der Waals surface area contributed by atoms with Crippen LogP contribution in [-0.4, -0.2) is 16.1 Å². The van der Waals surface area contributed by atoms with Gasteiger partial charge in [-0.3, -0.25) is 15.1 Å². The average Bonchev–Trinajstić information content (AvgIpc) is 3.14. The molecule has 5 nitrogen and oxygen atoms in total. The SMILES string of the molecule is O=[N+]([O-])c1cc(/C(=C2\C=CC=N2)c2ccc[nH]2)ccc1F. The van der Waals surface area contributed by atoms with Crippen LogP contribution in [0.25, 0.3) is 5.57 Å². The first-order valence-electron chi connectivity index (χ1n) is 6.20. The van der Waals surface area contributed by atoms with Crippen molar-refractivity contribution in [1.29, 1.82) is 0 Å². The molecule has 1 N–H and O–H groups in total. The Morgan fingerprint density at radius 2 is 2.19 bits per heavy atom. The number of nitro groups is 1. The van der Waals surface area contributed by atoms with Crippen molar-refractivity contribution in [3.05, 3.63) is 81.6 Å². The smallest absolute Gasteiger partial charge is 0.305 e. The molecule has 0 amide bonds. The molecule has 0 bridgehead atoms. The van der Waals surface area contributed by atoms with Crippen LogP contribution in [0.15, 0.2) is 59.4 Å². The van der Waals surface area contributed by atoms with Crippen molar-refractivity contribution in [3.63, 3.8) is 0 Å². The van der Waals surface area contributed by atoms with Crippen molar-refractivity contribution in [2.75, 3.05) is 0 Å². The molecule has 0 saturated heterocycles. The Morgan fingerprint density at radius 1 is 1.33 bits per heavy atom. The number of benzene rings is 1. The van der Waals surface area contributed by atoms with Gasteiger partial charge in [0.1, 0.15) is 0 Å². The Balaban J connectivity index is 2.22. The van der Waals surface area contributed by atoms with E-state index in [1.54, 1.807) is 24.6 Å². The molecule has 3 rings (SSSR count). The minimum atomic E-state index is -0.856. The summed E-state index contributed by atoms with van der Waals surface area (Å²) in [5, 5.41) is 10.9. The fraction of sp³-hybridized carbons (Fsp3) is 0. The van der Waals surface area contributed by atoms with Crippen molar-refractivity contribution in [2.45, 2.75) is 0 Å². The zero-order valence-corrected chi connectivity index (χ0v) is 10.8. The fourth-order valence-corrected chi connectivity index (χ4v) is 2.18. The number of nitrogens with zero attached hydrogens (tertiary/aromatic N) is 2. The van der Waals surface area contributed by atoms with E-state index in [0.29, 0.717) is 16.8 Å². The first kappa shape index (κ1) is 13.0. The number of aliphatic imine (C=N–C) groups is 1.